The summed E-state index contributed by atoms with van der Waals surface area (Å²) >= 11 is 1.55. The number of piperazine rings is 1. The molecule has 3 heterocycles. The zero-order valence-corrected chi connectivity index (χ0v) is 14.6. The van der Waals surface area contributed by atoms with Crippen molar-refractivity contribution in [2.45, 2.75) is 25.9 Å². The van der Waals surface area contributed by atoms with Crippen LogP contribution < -0.4 is 15.8 Å². The van der Waals surface area contributed by atoms with E-state index in [4.69, 9.17) is 4.42 Å². The van der Waals surface area contributed by atoms with Gasteiger partial charge in [0.2, 0.25) is 0 Å². The second-order valence-electron chi connectivity index (χ2n) is 6.52. The summed E-state index contributed by atoms with van der Waals surface area (Å²) in [7, 11) is 0. The number of hydrogen-bond donors (Lipinski definition) is 1. The van der Waals surface area contributed by atoms with Crippen molar-refractivity contribution < 1.29 is 4.42 Å². The van der Waals surface area contributed by atoms with Crippen molar-refractivity contribution in [3.8, 4) is 10.4 Å². The van der Waals surface area contributed by atoms with E-state index in [1.807, 2.05) is 35.7 Å². The van der Waals surface area contributed by atoms with E-state index < -0.39 is 0 Å². The molecule has 1 N–H and O–H groups in total. The Hall–Kier alpha value is -2.11. The Morgan fingerprint density at radius 1 is 1.17 bits per heavy atom. The van der Waals surface area contributed by atoms with Crippen LogP contribution in [0.2, 0.25) is 0 Å². The molecule has 0 spiro atoms. The number of fused-ring (bicyclic) bond motifs is 1. The fourth-order valence-corrected chi connectivity index (χ4v) is 4.17. The maximum absolute atomic E-state index is 12.3. The lowest BCUT2D eigenvalue weighted by Gasteiger charge is -2.37. The van der Waals surface area contributed by atoms with E-state index in [1.165, 1.54) is 0 Å². The fraction of sp³-hybridized carbons (Fsp3) is 0.316. The molecule has 0 unspecified atom stereocenters. The summed E-state index contributed by atoms with van der Waals surface area (Å²) < 4.78 is 5.61. The first kappa shape index (κ1) is 15.4. The van der Waals surface area contributed by atoms with Gasteiger partial charge in [0.05, 0.1) is 5.56 Å². The SMILES string of the molecule is C[C@@H]1CN(c2ccc3cc(-c4cccs4)c(=O)oc3c2)C[C@H](C)N1. The summed E-state index contributed by atoms with van der Waals surface area (Å²) in [5.74, 6) is 0. The predicted molar refractivity (Wildman–Crippen MR) is 100 cm³/mol. The number of thiophene rings is 1. The zero-order valence-electron chi connectivity index (χ0n) is 13.8. The molecular weight excluding hydrogens is 320 g/mol. The number of benzene rings is 1. The number of rotatable bonds is 2. The molecule has 1 aliphatic heterocycles. The van der Waals surface area contributed by atoms with Crippen molar-refractivity contribution in [1.82, 2.24) is 5.32 Å². The summed E-state index contributed by atoms with van der Waals surface area (Å²) in [5, 5.41) is 6.46. The monoisotopic (exact) mass is 340 g/mol. The average molecular weight is 340 g/mol. The van der Waals surface area contributed by atoms with Gasteiger partial charge in [-0.3, -0.25) is 0 Å². The highest BCUT2D eigenvalue weighted by Gasteiger charge is 2.21. The third kappa shape index (κ3) is 2.85. The van der Waals surface area contributed by atoms with E-state index in [2.05, 4.69) is 30.1 Å². The predicted octanol–water partition coefficient (Wildman–Crippen LogP) is 3.71. The standard InChI is InChI=1S/C19H20N2O2S/c1-12-10-21(11-13(2)20-12)15-6-5-14-8-16(18-4-3-7-24-18)19(22)23-17(14)9-15/h3-9,12-13,20H,10-11H2,1-2H3/t12-,13+. The smallest absolute Gasteiger partial charge is 0.345 e. The lowest BCUT2D eigenvalue weighted by atomic mass is 10.1. The van der Waals surface area contributed by atoms with Gasteiger partial charge in [0.25, 0.3) is 0 Å². The molecule has 0 saturated carbocycles. The van der Waals surface area contributed by atoms with Crippen LogP contribution in [0, 0.1) is 0 Å². The summed E-state index contributed by atoms with van der Waals surface area (Å²) in [4.78, 5) is 15.6. The van der Waals surface area contributed by atoms with E-state index in [1.54, 1.807) is 11.3 Å². The van der Waals surface area contributed by atoms with Gasteiger partial charge in [-0.25, -0.2) is 4.79 Å². The topological polar surface area (TPSA) is 45.5 Å². The second-order valence-corrected chi connectivity index (χ2v) is 7.47. The highest BCUT2D eigenvalue weighted by atomic mass is 32.1. The number of nitrogens with zero attached hydrogens (tertiary/aromatic N) is 1. The van der Waals surface area contributed by atoms with Crippen molar-refractivity contribution in [2.24, 2.45) is 0 Å². The first-order valence-electron chi connectivity index (χ1n) is 8.23. The molecule has 1 saturated heterocycles. The van der Waals surface area contributed by atoms with Gasteiger partial charge in [0.1, 0.15) is 5.58 Å². The molecule has 0 radical (unpaired) electrons. The molecule has 124 valence electrons. The van der Waals surface area contributed by atoms with Crippen LogP contribution in [0.5, 0.6) is 0 Å². The van der Waals surface area contributed by atoms with Crippen LogP contribution >= 0.6 is 11.3 Å². The lowest BCUT2D eigenvalue weighted by Crippen LogP contribution is -2.54. The molecule has 3 aromatic rings. The Morgan fingerprint density at radius 3 is 2.67 bits per heavy atom. The number of hydrogen-bond acceptors (Lipinski definition) is 5. The van der Waals surface area contributed by atoms with Gasteiger partial charge in [-0.2, -0.15) is 0 Å². The van der Waals surface area contributed by atoms with Crippen LogP contribution in [0.1, 0.15) is 13.8 Å². The van der Waals surface area contributed by atoms with Gasteiger partial charge in [-0.1, -0.05) is 6.07 Å². The van der Waals surface area contributed by atoms with Crippen molar-refractivity contribution >= 4 is 28.0 Å². The van der Waals surface area contributed by atoms with E-state index in [0.29, 0.717) is 23.2 Å². The Balaban J connectivity index is 1.74. The Bertz CT molecular complexity index is 907. The molecule has 2 atom stereocenters. The van der Waals surface area contributed by atoms with Crippen LogP contribution in [0.25, 0.3) is 21.4 Å². The summed E-state index contributed by atoms with van der Waals surface area (Å²) in [5.41, 5.74) is 2.12. The third-order valence-electron chi connectivity index (χ3n) is 4.43. The Kier molecular flexibility index (Phi) is 3.90. The maximum Gasteiger partial charge on any atom is 0.345 e. The number of anilines is 1. The molecule has 2 aromatic heterocycles. The van der Waals surface area contributed by atoms with Crippen LogP contribution in [0.4, 0.5) is 5.69 Å². The minimum absolute atomic E-state index is 0.274. The fourth-order valence-electron chi connectivity index (χ4n) is 3.44. The summed E-state index contributed by atoms with van der Waals surface area (Å²) in [6.07, 6.45) is 0. The molecule has 0 aliphatic carbocycles. The van der Waals surface area contributed by atoms with Gasteiger partial charge < -0.3 is 14.6 Å². The van der Waals surface area contributed by atoms with Gasteiger partial charge in [0.15, 0.2) is 0 Å². The molecule has 1 fully saturated rings. The normalized spacial score (nSPS) is 21.3. The molecule has 4 nitrogen and oxygen atoms in total. The van der Waals surface area contributed by atoms with E-state index >= 15 is 0 Å². The van der Waals surface area contributed by atoms with Gasteiger partial charge in [0, 0.05) is 47.2 Å². The third-order valence-corrected chi connectivity index (χ3v) is 5.33. The quantitative estimate of drug-likeness (QED) is 0.723. The summed E-state index contributed by atoms with van der Waals surface area (Å²) in [6, 6.07) is 12.8. The molecule has 5 heteroatoms. The van der Waals surface area contributed by atoms with Crippen LogP contribution in [-0.2, 0) is 0 Å². The maximum atomic E-state index is 12.3. The summed E-state index contributed by atoms with van der Waals surface area (Å²) in [6.45, 7) is 6.29. The first-order chi connectivity index (χ1) is 11.6. The number of nitrogens with one attached hydrogen (secondary N) is 1. The molecule has 0 bridgehead atoms. The van der Waals surface area contributed by atoms with Crippen LogP contribution in [-0.4, -0.2) is 25.2 Å². The van der Waals surface area contributed by atoms with Crippen molar-refractivity contribution in [2.75, 3.05) is 18.0 Å². The first-order valence-corrected chi connectivity index (χ1v) is 9.11. The highest BCUT2D eigenvalue weighted by molar-refractivity contribution is 7.13. The Morgan fingerprint density at radius 2 is 1.96 bits per heavy atom. The minimum atomic E-state index is -0.274. The van der Waals surface area contributed by atoms with Crippen molar-refractivity contribution in [3.05, 3.63) is 52.2 Å². The molecular formula is C19H20N2O2S. The van der Waals surface area contributed by atoms with E-state index in [-0.39, 0.29) is 5.63 Å². The van der Waals surface area contributed by atoms with E-state index in [9.17, 15) is 4.79 Å². The van der Waals surface area contributed by atoms with Gasteiger partial charge >= 0.3 is 5.63 Å². The average Bonchev–Trinajstić information content (AvgIpc) is 3.07. The minimum Gasteiger partial charge on any atom is -0.422 e. The molecule has 1 aromatic carbocycles. The van der Waals surface area contributed by atoms with Gasteiger partial charge in [-0.15, -0.1) is 11.3 Å². The molecule has 24 heavy (non-hydrogen) atoms. The van der Waals surface area contributed by atoms with E-state index in [0.717, 1.165) is 29.0 Å². The molecule has 1 aliphatic rings. The second kappa shape index (κ2) is 6.07. The van der Waals surface area contributed by atoms with Crippen LogP contribution in [0.15, 0.2) is 51.0 Å². The Labute approximate surface area is 144 Å². The molecule has 4 rings (SSSR count). The van der Waals surface area contributed by atoms with Crippen molar-refractivity contribution in [3.63, 3.8) is 0 Å². The zero-order chi connectivity index (χ0) is 16.7. The lowest BCUT2D eigenvalue weighted by molar-refractivity contribution is 0.407. The van der Waals surface area contributed by atoms with Gasteiger partial charge in [-0.05, 0) is 43.5 Å². The highest BCUT2D eigenvalue weighted by Crippen LogP contribution is 2.28. The molecule has 0 amide bonds. The van der Waals surface area contributed by atoms with Crippen molar-refractivity contribution in [1.29, 1.82) is 0 Å². The largest absolute Gasteiger partial charge is 0.422 e. The van der Waals surface area contributed by atoms with Crippen LogP contribution in [0.3, 0.4) is 0 Å².